The molecule has 2 unspecified atom stereocenters. The maximum atomic E-state index is 12.1. The number of aliphatic hydroxyl groups excluding tert-OH is 1. The van der Waals surface area contributed by atoms with Gasteiger partial charge in [-0.3, -0.25) is 18.6 Å². The third-order valence-corrected chi connectivity index (χ3v) is 10.7. The average Bonchev–Trinajstić information content (AvgIpc) is 3.27. The molecule has 0 aromatic carbocycles. The molecule has 0 radical (unpaired) electrons. The number of rotatable bonds is 44. The summed E-state index contributed by atoms with van der Waals surface area (Å²) in [6.45, 7) is 3.35. The molecule has 0 aliphatic heterocycles. The molecule has 0 aromatic heterocycles. The number of unbranched alkanes of at least 4 members (excludes halogenated alkanes) is 13. The molecular formula is C53H88NO8P. The van der Waals surface area contributed by atoms with Crippen molar-refractivity contribution in [2.24, 2.45) is 0 Å². The Morgan fingerprint density at radius 2 is 0.905 bits per heavy atom. The standard InChI is InChI=1S/C53H88NO8P/c1-3-5-7-9-11-13-15-17-19-21-23-24-25-26-28-29-31-33-35-37-39-41-43-45-52(56)54-47-48-61-63(58,59)62-50-51(55)49-60-53(57)46-44-42-40-38-36-34-32-30-27-22-20-18-16-14-12-10-8-6-4-2/h5,7,11-14,17-20,23-24,26-28,30-31,33,51,55H,3-4,6,8-10,15-16,21-22,25,29,32,34-50H2,1-2H3,(H,54,56)(H,58,59)/b7-5-,13-11-,14-12-,19-17-,20-18-,24-23-,28-26-,30-27-,33-31-. The summed E-state index contributed by atoms with van der Waals surface area (Å²) < 4.78 is 26.9. The largest absolute Gasteiger partial charge is 0.472 e. The third-order valence-electron chi connectivity index (χ3n) is 9.69. The van der Waals surface area contributed by atoms with Crippen molar-refractivity contribution < 1.29 is 37.9 Å². The molecular weight excluding hydrogens is 810 g/mol. The van der Waals surface area contributed by atoms with Gasteiger partial charge in [0, 0.05) is 19.4 Å². The van der Waals surface area contributed by atoms with E-state index in [-0.39, 0.29) is 32.1 Å². The van der Waals surface area contributed by atoms with Gasteiger partial charge in [-0.05, 0) is 103 Å². The van der Waals surface area contributed by atoms with Crippen LogP contribution in [0.5, 0.6) is 0 Å². The van der Waals surface area contributed by atoms with Crippen molar-refractivity contribution in [2.45, 2.75) is 187 Å². The Balaban J connectivity index is 3.68. The monoisotopic (exact) mass is 898 g/mol. The van der Waals surface area contributed by atoms with E-state index in [4.69, 9.17) is 13.8 Å². The maximum absolute atomic E-state index is 12.1. The molecule has 0 aliphatic rings. The normalized spacial score (nSPS) is 14.2. The molecule has 0 bridgehead atoms. The van der Waals surface area contributed by atoms with Gasteiger partial charge in [-0.1, -0.05) is 175 Å². The van der Waals surface area contributed by atoms with Crippen LogP contribution in [0.1, 0.15) is 181 Å². The van der Waals surface area contributed by atoms with Crippen molar-refractivity contribution in [3.8, 4) is 0 Å². The van der Waals surface area contributed by atoms with Crippen molar-refractivity contribution in [3.05, 3.63) is 109 Å². The molecule has 358 valence electrons. The zero-order chi connectivity index (χ0) is 46.0. The fraction of sp³-hybridized carbons (Fsp3) is 0.623. The van der Waals surface area contributed by atoms with Gasteiger partial charge in [0.15, 0.2) is 0 Å². The zero-order valence-corrected chi connectivity index (χ0v) is 40.4. The molecule has 3 N–H and O–H groups in total. The molecule has 0 saturated carbocycles. The highest BCUT2D eigenvalue weighted by molar-refractivity contribution is 7.47. The SMILES string of the molecule is CC/C=C\C/C=C\C/C=C\C/C=C\C/C=C\C/C=C\CCCCCCC(=O)NCCOP(=O)(O)OCC(O)COC(=O)CCCCCCCC/C=C\C/C=C\C/C=C\CCCCC. The molecule has 0 aliphatic carbocycles. The Bertz CT molecular complexity index is 1390. The highest BCUT2D eigenvalue weighted by Crippen LogP contribution is 2.42. The lowest BCUT2D eigenvalue weighted by atomic mass is 10.1. The first-order valence-electron chi connectivity index (χ1n) is 24.4. The number of carbonyl (C=O) groups excluding carboxylic acids is 2. The van der Waals surface area contributed by atoms with Gasteiger partial charge in [0.1, 0.15) is 12.7 Å². The summed E-state index contributed by atoms with van der Waals surface area (Å²) in [6, 6.07) is 0. The number of amides is 1. The van der Waals surface area contributed by atoms with E-state index in [1.54, 1.807) is 0 Å². The number of aliphatic hydroxyl groups is 1. The van der Waals surface area contributed by atoms with Crippen LogP contribution in [-0.2, 0) is 27.9 Å². The quantitative estimate of drug-likeness (QED) is 0.0238. The molecule has 0 heterocycles. The van der Waals surface area contributed by atoms with Crippen LogP contribution in [0, 0.1) is 0 Å². The van der Waals surface area contributed by atoms with Crippen LogP contribution in [0.3, 0.4) is 0 Å². The highest BCUT2D eigenvalue weighted by Gasteiger charge is 2.23. The molecule has 10 heteroatoms. The van der Waals surface area contributed by atoms with Gasteiger partial charge in [0.25, 0.3) is 0 Å². The maximum Gasteiger partial charge on any atom is 0.472 e. The van der Waals surface area contributed by atoms with Crippen molar-refractivity contribution in [2.75, 3.05) is 26.4 Å². The number of ether oxygens (including phenoxy) is 1. The Morgan fingerprint density at radius 3 is 1.37 bits per heavy atom. The number of hydrogen-bond donors (Lipinski definition) is 3. The second kappa shape index (κ2) is 48.1. The molecule has 0 fully saturated rings. The molecule has 2 atom stereocenters. The van der Waals surface area contributed by atoms with Gasteiger partial charge in [-0.2, -0.15) is 0 Å². The molecule has 1 amide bonds. The van der Waals surface area contributed by atoms with Crippen LogP contribution < -0.4 is 5.32 Å². The molecule has 0 spiro atoms. The van der Waals surface area contributed by atoms with Gasteiger partial charge in [0.05, 0.1) is 13.2 Å². The number of phosphoric acid groups is 1. The van der Waals surface area contributed by atoms with Crippen molar-refractivity contribution >= 4 is 19.7 Å². The van der Waals surface area contributed by atoms with Crippen molar-refractivity contribution in [3.63, 3.8) is 0 Å². The highest BCUT2D eigenvalue weighted by atomic mass is 31.2. The van der Waals surface area contributed by atoms with Crippen molar-refractivity contribution in [1.82, 2.24) is 5.32 Å². The zero-order valence-electron chi connectivity index (χ0n) is 39.5. The lowest BCUT2D eigenvalue weighted by molar-refractivity contribution is -0.147. The fourth-order valence-corrected chi connectivity index (χ4v) is 6.79. The summed E-state index contributed by atoms with van der Waals surface area (Å²) in [6.07, 6.45) is 64.4. The summed E-state index contributed by atoms with van der Waals surface area (Å²) in [5, 5.41) is 12.7. The minimum atomic E-state index is -4.44. The van der Waals surface area contributed by atoms with E-state index in [0.29, 0.717) is 12.8 Å². The first kappa shape index (κ1) is 59.7. The van der Waals surface area contributed by atoms with Crippen LogP contribution >= 0.6 is 7.82 Å². The number of esters is 1. The number of hydrogen-bond acceptors (Lipinski definition) is 7. The molecule has 63 heavy (non-hydrogen) atoms. The Hall–Kier alpha value is -3.33. The van der Waals surface area contributed by atoms with Crippen molar-refractivity contribution in [1.29, 1.82) is 0 Å². The Morgan fingerprint density at radius 1 is 0.508 bits per heavy atom. The van der Waals surface area contributed by atoms with Crippen LogP contribution in [0.2, 0.25) is 0 Å². The lowest BCUT2D eigenvalue weighted by Gasteiger charge is -2.15. The Kier molecular flexibility index (Phi) is 45.6. The van der Waals surface area contributed by atoms with Gasteiger partial charge in [-0.15, -0.1) is 0 Å². The van der Waals surface area contributed by atoms with E-state index in [1.165, 1.54) is 38.5 Å². The first-order chi connectivity index (χ1) is 30.8. The minimum Gasteiger partial charge on any atom is -0.463 e. The number of allylic oxidation sites excluding steroid dienone is 18. The van der Waals surface area contributed by atoms with E-state index in [2.05, 4.69) is 129 Å². The summed E-state index contributed by atoms with van der Waals surface area (Å²) in [5.41, 5.74) is 0. The van der Waals surface area contributed by atoms with Crippen LogP contribution in [0.15, 0.2) is 109 Å². The third kappa shape index (κ3) is 49.5. The van der Waals surface area contributed by atoms with E-state index < -0.39 is 26.5 Å². The number of nitrogens with one attached hydrogen (secondary N) is 1. The summed E-state index contributed by atoms with van der Waals surface area (Å²) in [4.78, 5) is 34.0. The minimum absolute atomic E-state index is 0.0584. The Labute approximate surface area is 384 Å². The predicted octanol–water partition coefficient (Wildman–Crippen LogP) is 14.3. The fourth-order valence-electron chi connectivity index (χ4n) is 6.04. The second-order valence-corrected chi connectivity index (χ2v) is 17.1. The van der Waals surface area contributed by atoms with Crippen LogP contribution in [0.4, 0.5) is 0 Å². The average molecular weight is 898 g/mol. The van der Waals surface area contributed by atoms with Gasteiger partial charge in [0.2, 0.25) is 5.91 Å². The summed E-state index contributed by atoms with van der Waals surface area (Å²) in [7, 11) is -4.44. The first-order valence-corrected chi connectivity index (χ1v) is 25.9. The molecule has 0 saturated heterocycles. The van der Waals surface area contributed by atoms with E-state index >= 15 is 0 Å². The van der Waals surface area contributed by atoms with E-state index in [9.17, 15) is 24.2 Å². The predicted molar refractivity (Wildman–Crippen MR) is 265 cm³/mol. The smallest absolute Gasteiger partial charge is 0.463 e. The van der Waals surface area contributed by atoms with Gasteiger partial charge < -0.3 is 20.1 Å². The topological polar surface area (TPSA) is 131 Å². The van der Waals surface area contributed by atoms with Gasteiger partial charge >= 0.3 is 13.8 Å². The van der Waals surface area contributed by atoms with E-state index in [1.807, 2.05) is 0 Å². The summed E-state index contributed by atoms with van der Waals surface area (Å²) in [5.74, 6) is -0.563. The van der Waals surface area contributed by atoms with E-state index in [0.717, 1.165) is 109 Å². The molecule has 0 rings (SSSR count). The number of carbonyl (C=O) groups is 2. The second-order valence-electron chi connectivity index (χ2n) is 15.7. The van der Waals surface area contributed by atoms with Gasteiger partial charge in [-0.25, -0.2) is 4.57 Å². The molecule has 9 nitrogen and oxygen atoms in total. The summed E-state index contributed by atoms with van der Waals surface area (Å²) >= 11 is 0. The number of phosphoric ester groups is 1. The van der Waals surface area contributed by atoms with Crippen LogP contribution in [0.25, 0.3) is 0 Å². The van der Waals surface area contributed by atoms with Crippen LogP contribution in [-0.4, -0.2) is 54.3 Å². The lowest BCUT2D eigenvalue weighted by Crippen LogP contribution is -2.27. The molecule has 0 aromatic rings.